The predicted molar refractivity (Wildman–Crippen MR) is 62.6 cm³/mol. The van der Waals surface area contributed by atoms with Gasteiger partial charge < -0.3 is 10.3 Å². The molecule has 0 atom stereocenters. The van der Waals surface area contributed by atoms with Crippen molar-refractivity contribution >= 4 is 17.5 Å². The maximum Gasteiger partial charge on any atom is 0.378 e. The molecule has 0 bridgehead atoms. The number of hydrogen-bond acceptors (Lipinski definition) is 4. The monoisotopic (exact) mass is 300 g/mol. The average molecular weight is 301 g/mol. The van der Waals surface area contributed by atoms with Gasteiger partial charge in [0.15, 0.2) is 0 Å². The summed E-state index contributed by atoms with van der Waals surface area (Å²) in [5, 5.41) is 9.78. The molecule has 19 heavy (non-hydrogen) atoms. The Morgan fingerprint density at radius 2 is 1.95 bits per heavy atom. The molecular formula is C10H11ClF4N3O-. The summed E-state index contributed by atoms with van der Waals surface area (Å²) in [5.41, 5.74) is 0.712. The number of hydroxylamine groups is 1. The minimum absolute atomic E-state index is 0.185. The van der Waals surface area contributed by atoms with E-state index < -0.39 is 23.5 Å². The van der Waals surface area contributed by atoms with Crippen molar-refractivity contribution in [2.45, 2.75) is 39.2 Å². The summed E-state index contributed by atoms with van der Waals surface area (Å²) >= 11 is 5.74. The van der Waals surface area contributed by atoms with Crippen molar-refractivity contribution in [1.82, 2.24) is 9.97 Å². The Labute approximate surface area is 112 Å². The van der Waals surface area contributed by atoms with E-state index in [1.807, 2.05) is 6.92 Å². The lowest BCUT2D eigenvalue weighted by Crippen LogP contribution is -2.44. The third-order valence-electron chi connectivity index (χ3n) is 2.37. The molecule has 0 fully saturated rings. The van der Waals surface area contributed by atoms with Gasteiger partial charge in [0.05, 0.1) is 0 Å². The quantitative estimate of drug-likeness (QED) is 0.361. The smallest absolute Gasteiger partial charge is 0.378 e. The Balaban J connectivity index is 3.16. The number of rotatable bonds is 5. The van der Waals surface area contributed by atoms with Crippen molar-refractivity contribution in [3.05, 3.63) is 21.6 Å². The molecule has 0 aliphatic rings. The molecule has 1 heterocycles. The predicted octanol–water partition coefficient (Wildman–Crippen LogP) is 3.55. The molecule has 0 aromatic carbocycles. The van der Waals surface area contributed by atoms with Crippen LogP contribution in [0.5, 0.6) is 0 Å². The molecule has 0 saturated heterocycles. The van der Waals surface area contributed by atoms with Gasteiger partial charge in [-0.2, -0.15) is 8.78 Å². The first-order valence-corrected chi connectivity index (χ1v) is 5.75. The minimum atomic E-state index is -4.90. The van der Waals surface area contributed by atoms with Crippen molar-refractivity contribution in [3.63, 3.8) is 0 Å². The van der Waals surface area contributed by atoms with Crippen molar-refractivity contribution < 1.29 is 17.6 Å². The Morgan fingerprint density at radius 3 is 2.37 bits per heavy atom. The second-order valence-electron chi connectivity index (χ2n) is 3.81. The number of aryl methyl sites for hydroxylation is 1. The third kappa shape index (κ3) is 3.24. The molecule has 1 rings (SSSR count). The maximum absolute atomic E-state index is 12.9. The molecule has 4 nitrogen and oxygen atoms in total. The van der Waals surface area contributed by atoms with Crippen LogP contribution in [0.15, 0.2) is 0 Å². The van der Waals surface area contributed by atoms with Gasteiger partial charge >= 0.3 is 12.5 Å². The number of nitrogens with zero attached hydrogens (tertiary/aromatic N) is 3. The Hall–Kier alpha value is -1.15. The molecule has 0 amide bonds. The molecule has 1 aromatic heterocycles. The number of aromatic nitrogens is 2. The van der Waals surface area contributed by atoms with E-state index >= 15 is 0 Å². The summed E-state index contributed by atoms with van der Waals surface area (Å²) < 4.78 is 49.9. The highest BCUT2D eigenvalue weighted by molar-refractivity contribution is 6.30. The average Bonchev–Trinajstić information content (AvgIpc) is 2.32. The molecule has 0 aliphatic heterocycles. The van der Waals surface area contributed by atoms with Crippen LogP contribution in [0.2, 0.25) is 5.15 Å². The Kier molecular flexibility index (Phi) is 4.92. The summed E-state index contributed by atoms with van der Waals surface area (Å²) in [6.45, 7) is 3.30. The Morgan fingerprint density at radius 1 is 1.37 bits per heavy atom. The van der Waals surface area contributed by atoms with Gasteiger partial charge in [0.1, 0.15) is 5.15 Å². The number of hydrogen-bond donors (Lipinski definition) is 0. The maximum atomic E-state index is 12.9. The van der Waals surface area contributed by atoms with Crippen LogP contribution in [0.25, 0.3) is 0 Å². The fraction of sp³-hybridized carbons (Fsp3) is 0.600. The van der Waals surface area contributed by atoms with E-state index in [1.165, 1.54) is 6.92 Å². The van der Waals surface area contributed by atoms with Crippen LogP contribution in [-0.2, 0) is 6.42 Å². The van der Waals surface area contributed by atoms with Gasteiger partial charge in [0, 0.05) is 11.3 Å². The number of anilines is 1. The molecule has 0 unspecified atom stereocenters. The first-order chi connectivity index (χ1) is 8.71. The van der Waals surface area contributed by atoms with E-state index in [0.29, 0.717) is 18.4 Å². The second kappa shape index (κ2) is 5.87. The molecule has 9 heteroatoms. The van der Waals surface area contributed by atoms with E-state index in [4.69, 9.17) is 11.6 Å². The minimum Gasteiger partial charge on any atom is -0.752 e. The van der Waals surface area contributed by atoms with Crippen LogP contribution in [0.4, 0.5) is 23.5 Å². The first kappa shape index (κ1) is 15.9. The van der Waals surface area contributed by atoms with Gasteiger partial charge in [-0.1, -0.05) is 24.9 Å². The van der Waals surface area contributed by atoms with Crippen molar-refractivity contribution in [3.8, 4) is 0 Å². The number of halogens is 5. The summed E-state index contributed by atoms with van der Waals surface area (Å²) in [6, 6.07) is -4.90. The highest BCUT2D eigenvalue weighted by atomic mass is 35.5. The summed E-state index contributed by atoms with van der Waals surface area (Å²) in [6.07, 6.45) is -2.95. The molecular weight excluding hydrogens is 290 g/mol. The molecule has 1 aromatic rings. The van der Waals surface area contributed by atoms with Gasteiger partial charge in [0.2, 0.25) is 5.95 Å². The fourth-order valence-electron chi connectivity index (χ4n) is 1.39. The van der Waals surface area contributed by atoms with E-state index in [1.54, 1.807) is 0 Å². The van der Waals surface area contributed by atoms with Crippen molar-refractivity contribution in [2.75, 3.05) is 5.06 Å². The van der Waals surface area contributed by atoms with Gasteiger partial charge in [0.25, 0.3) is 0 Å². The van der Waals surface area contributed by atoms with E-state index in [-0.39, 0.29) is 10.8 Å². The van der Waals surface area contributed by atoms with Gasteiger partial charge in [-0.05, 0) is 13.3 Å². The fourth-order valence-corrected chi connectivity index (χ4v) is 1.70. The highest BCUT2D eigenvalue weighted by Crippen LogP contribution is 2.31. The molecule has 0 saturated carbocycles. The van der Waals surface area contributed by atoms with Crippen LogP contribution in [0.1, 0.15) is 24.6 Å². The summed E-state index contributed by atoms with van der Waals surface area (Å²) in [4.78, 5) is 6.86. The lowest BCUT2D eigenvalue weighted by atomic mass is 10.1. The molecule has 0 N–H and O–H groups in total. The second-order valence-corrected chi connectivity index (χ2v) is 4.17. The normalized spacial score (nSPS) is 12.1. The molecule has 0 spiro atoms. The molecule has 0 radical (unpaired) electrons. The zero-order valence-corrected chi connectivity index (χ0v) is 10.9. The first-order valence-electron chi connectivity index (χ1n) is 5.38. The van der Waals surface area contributed by atoms with Gasteiger partial charge in [-0.3, -0.25) is 0 Å². The van der Waals surface area contributed by atoms with Crippen LogP contribution in [-0.4, -0.2) is 22.4 Å². The lowest BCUT2D eigenvalue weighted by molar-refractivity contribution is -0.123. The van der Waals surface area contributed by atoms with Crippen LogP contribution in [0.3, 0.4) is 0 Å². The molecule has 0 aliphatic carbocycles. The van der Waals surface area contributed by atoms with Gasteiger partial charge in [-0.15, -0.1) is 0 Å². The zero-order chi connectivity index (χ0) is 14.8. The molecule has 108 valence electrons. The number of alkyl halides is 4. The van der Waals surface area contributed by atoms with Crippen molar-refractivity contribution in [1.29, 1.82) is 0 Å². The standard InChI is InChI=1S/C10H11ClF4N3O/c1-3-4-6-5(2)16-9(17-7(6)11)18(19)10(14,15)8(12)13/h8H,3-4H2,1-2H3/q-1. The highest BCUT2D eigenvalue weighted by Gasteiger charge is 2.44. The van der Waals surface area contributed by atoms with Crippen LogP contribution >= 0.6 is 11.6 Å². The van der Waals surface area contributed by atoms with E-state index in [9.17, 15) is 22.8 Å². The topological polar surface area (TPSA) is 52.1 Å². The van der Waals surface area contributed by atoms with Crippen molar-refractivity contribution in [2.24, 2.45) is 0 Å². The van der Waals surface area contributed by atoms with E-state index in [0.717, 1.165) is 0 Å². The SMILES string of the molecule is CCCc1c(C)nc(N([O-])C(F)(F)C(F)F)nc1Cl. The van der Waals surface area contributed by atoms with Crippen LogP contribution in [0, 0.1) is 12.1 Å². The summed E-state index contributed by atoms with van der Waals surface area (Å²) in [7, 11) is 0. The lowest BCUT2D eigenvalue weighted by Gasteiger charge is -2.35. The summed E-state index contributed by atoms with van der Waals surface area (Å²) in [5.74, 6) is -1.08. The van der Waals surface area contributed by atoms with Gasteiger partial charge in [-0.25, -0.2) is 18.7 Å². The Bertz CT molecular complexity index is 435. The third-order valence-corrected chi connectivity index (χ3v) is 2.68. The zero-order valence-electron chi connectivity index (χ0n) is 10.1. The van der Waals surface area contributed by atoms with Crippen LogP contribution < -0.4 is 5.06 Å². The van der Waals surface area contributed by atoms with E-state index in [2.05, 4.69) is 9.97 Å². The largest absolute Gasteiger partial charge is 0.752 e.